The first-order valence-corrected chi connectivity index (χ1v) is 7.38. The highest BCUT2D eigenvalue weighted by molar-refractivity contribution is 5.97. The van der Waals surface area contributed by atoms with Crippen molar-refractivity contribution < 1.29 is 13.9 Å². The summed E-state index contributed by atoms with van der Waals surface area (Å²) in [5.74, 6) is 0.359. The van der Waals surface area contributed by atoms with Crippen LogP contribution >= 0.6 is 0 Å². The van der Waals surface area contributed by atoms with Crippen LogP contribution in [0.2, 0.25) is 0 Å². The zero-order valence-corrected chi connectivity index (χ0v) is 12.4. The van der Waals surface area contributed by atoms with Crippen LogP contribution in [0.3, 0.4) is 0 Å². The molecule has 0 radical (unpaired) electrons. The number of carbonyl (C=O) groups excluding carboxylic acids is 1. The highest BCUT2D eigenvalue weighted by Crippen LogP contribution is 2.43. The lowest BCUT2D eigenvalue weighted by molar-refractivity contribution is -0.118. The van der Waals surface area contributed by atoms with Crippen molar-refractivity contribution >= 4 is 11.6 Å². The molecule has 4 heteroatoms. The summed E-state index contributed by atoms with van der Waals surface area (Å²) in [6, 6.07) is 13.5. The Morgan fingerprint density at radius 1 is 1.18 bits per heavy atom. The molecule has 1 unspecified atom stereocenters. The average Bonchev–Trinajstić information content (AvgIpc) is 3.35. The number of ether oxygens (including phenoxy) is 1. The predicted octanol–water partition coefficient (Wildman–Crippen LogP) is 3.97. The number of amides is 1. The van der Waals surface area contributed by atoms with Crippen molar-refractivity contribution in [2.45, 2.75) is 18.8 Å². The average molecular weight is 299 g/mol. The molecule has 3 rings (SSSR count). The smallest absolute Gasteiger partial charge is 0.232 e. The van der Waals surface area contributed by atoms with E-state index in [1.807, 2.05) is 18.2 Å². The van der Waals surface area contributed by atoms with E-state index in [0.29, 0.717) is 17.4 Å². The van der Waals surface area contributed by atoms with Gasteiger partial charge >= 0.3 is 0 Å². The molecule has 3 nitrogen and oxygen atoms in total. The number of halogens is 1. The van der Waals surface area contributed by atoms with E-state index in [1.54, 1.807) is 25.3 Å². The van der Waals surface area contributed by atoms with E-state index in [1.165, 1.54) is 12.1 Å². The number of carbonyl (C=O) groups is 1. The number of para-hydroxylation sites is 2. The third kappa shape index (κ3) is 3.11. The minimum absolute atomic E-state index is 0.0707. The summed E-state index contributed by atoms with van der Waals surface area (Å²) < 4.78 is 18.4. The van der Waals surface area contributed by atoms with E-state index in [-0.39, 0.29) is 17.6 Å². The van der Waals surface area contributed by atoms with Gasteiger partial charge in [-0.25, -0.2) is 4.39 Å². The number of nitrogens with one attached hydrogen (secondary N) is 1. The van der Waals surface area contributed by atoms with Gasteiger partial charge in [-0.3, -0.25) is 4.79 Å². The fourth-order valence-corrected chi connectivity index (χ4v) is 2.70. The van der Waals surface area contributed by atoms with Gasteiger partial charge in [0.25, 0.3) is 0 Å². The first kappa shape index (κ1) is 14.6. The maximum absolute atomic E-state index is 13.1. The van der Waals surface area contributed by atoms with Crippen molar-refractivity contribution in [3.63, 3.8) is 0 Å². The van der Waals surface area contributed by atoms with Gasteiger partial charge in [0.05, 0.1) is 18.7 Å². The van der Waals surface area contributed by atoms with Crippen molar-refractivity contribution in [2.75, 3.05) is 12.4 Å². The summed E-state index contributed by atoms with van der Waals surface area (Å²) in [5.41, 5.74) is 1.51. The second kappa shape index (κ2) is 6.18. The van der Waals surface area contributed by atoms with E-state index in [9.17, 15) is 9.18 Å². The van der Waals surface area contributed by atoms with Crippen LogP contribution in [0.5, 0.6) is 5.75 Å². The van der Waals surface area contributed by atoms with Crippen LogP contribution in [-0.2, 0) is 4.79 Å². The standard InChI is InChI=1S/C18H18FNO2/c1-22-16-5-3-2-4-15(16)20-18(21)17(12-6-7-12)13-8-10-14(19)11-9-13/h2-5,8-12,17H,6-7H2,1H3,(H,20,21). The quantitative estimate of drug-likeness (QED) is 0.907. The molecule has 0 saturated heterocycles. The van der Waals surface area contributed by atoms with Crippen LogP contribution in [0.25, 0.3) is 0 Å². The van der Waals surface area contributed by atoms with Crippen LogP contribution in [-0.4, -0.2) is 13.0 Å². The van der Waals surface area contributed by atoms with Crippen molar-refractivity contribution in [3.05, 3.63) is 59.9 Å². The molecule has 1 atom stereocenters. The Morgan fingerprint density at radius 3 is 2.50 bits per heavy atom. The first-order chi connectivity index (χ1) is 10.7. The minimum atomic E-state index is -0.288. The largest absolute Gasteiger partial charge is 0.495 e. The van der Waals surface area contributed by atoms with Gasteiger partial charge in [-0.1, -0.05) is 24.3 Å². The summed E-state index contributed by atoms with van der Waals surface area (Å²) in [5, 5.41) is 2.94. The van der Waals surface area contributed by atoms with E-state index < -0.39 is 0 Å². The number of hydrogen-bond acceptors (Lipinski definition) is 2. The first-order valence-electron chi connectivity index (χ1n) is 7.38. The van der Waals surface area contributed by atoms with Crippen LogP contribution in [0.1, 0.15) is 24.3 Å². The van der Waals surface area contributed by atoms with Gasteiger partial charge in [-0.05, 0) is 48.6 Å². The Labute approximate surface area is 129 Å². The Hall–Kier alpha value is -2.36. The number of methoxy groups -OCH3 is 1. The maximum atomic E-state index is 13.1. The predicted molar refractivity (Wildman–Crippen MR) is 83.5 cm³/mol. The summed E-state index contributed by atoms with van der Waals surface area (Å²) in [6.07, 6.45) is 2.06. The third-order valence-corrected chi connectivity index (χ3v) is 3.97. The Bertz CT molecular complexity index is 665. The number of rotatable bonds is 5. The van der Waals surface area contributed by atoms with Gasteiger partial charge in [0.1, 0.15) is 11.6 Å². The fourth-order valence-electron chi connectivity index (χ4n) is 2.70. The fraction of sp³-hybridized carbons (Fsp3) is 0.278. The topological polar surface area (TPSA) is 38.3 Å². The Balaban J connectivity index is 1.83. The minimum Gasteiger partial charge on any atom is -0.495 e. The van der Waals surface area contributed by atoms with Crippen molar-refractivity contribution in [1.82, 2.24) is 0 Å². The Morgan fingerprint density at radius 2 is 1.86 bits per heavy atom. The second-order valence-corrected chi connectivity index (χ2v) is 5.56. The van der Waals surface area contributed by atoms with Crippen molar-refractivity contribution in [2.24, 2.45) is 5.92 Å². The zero-order valence-electron chi connectivity index (χ0n) is 12.4. The molecule has 1 saturated carbocycles. The molecule has 1 N–H and O–H groups in total. The summed E-state index contributed by atoms with van der Waals surface area (Å²) in [7, 11) is 1.57. The highest BCUT2D eigenvalue weighted by atomic mass is 19.1. The van der Waals surface area contributed by atoms with E-state index in [2.05, 4.69) is 5.32 Å². The van der Waals surface area contributed by atoms with Crippen molar-refractivity contribution in [1.29, 1.82) is 0 Å². The molecule has 0 heterocycles. The Kier molecular flexibility index (Phi) is 4.09. The van der Waals surface area contributed by atoms with E-state index in [4.69, 9.17) is 4.74 Å². The lowest BCUT2D eigenvalue weighted by Gasteiger charge is -2.18. The van der Waals surface area contributed by atoms with Gasteiger partial charge in [0.15, 0.2) is 0 Å². The molecule has 1 fully saturated rings. The molecule has 0 bridgehead atoms. The van der Waals surface area contributed by atoms with E-state index in [0.717, 1.165) is 18.4 Å². The van der Waals surface area contributed by atoms with Gasteiger partial charge in [0, 0.05) is 0 Å². The molecule has 0 aliphatic heterocycles. The second-order valence-electron chi connectivity index (χ2n) is 5.56. The monoisotopic (exact) mass is 299 g/mol. The molecular formula is C18H18FNO2. The summed E-state index contributed by atoms with van der Waals surface area (Å²) >= 11 is 0. The molecule has 0 spiro atoms. The molecule has 1 amide bonds. The lowest BCUT2D eigenvalue weighted by atomic mass is 9.93. The van der Waals surface area contributed by atoms with Crippen LogP contribution in [0.4, 0.5) is 10.1 Å². The summed E-state index contributed by atoms with van der Waals surface area (Å²) in [6.45, 7) is 0. The molecule has 0 aromatic heterocycles. The normalized spacial score (nSPS) is 15.2. The van der Waals surface area contributed by atoms with Crippen LogP contribution in [0.15, 0.2) is 48.5 Å². The molecule has 1 aliphatic rings. The summed E-state index contributed by atoms with van der Waals surface area (Å²) in [4.78, 5) is 12.7. The number of hydrogen-bond donors (Lipinski definition) is 1. The third-order valence-electron chi connectivity index (χ3n) is 3.97. The van der Waals surface area contributed by atoms with E-state index >= 15 is 0 Å². The molecule has 114 valence electrons. The lowest BCUT2D eigenvalue weighted by Crippen LogP contribution is -2.23. The molecule has 2 aromatic rings. The maximum Gasteiger partial charge on any atom is 0.232 e. The highest BCUT2D eigenvalue weighted by Gasteiger charge is 2.37. The van der Waals surface area contributed by atoms with Gasteiger partial charge in [0.2, 0.25) is 5.91 Å². The SMILES string of the molecule is COc1ccccc1NC(=O)C(c1ccc(F)cc1)C1CC1. The van der Waals surface area contributed by atoms with Crippen LogP contribution in [0, 0.1) is 11.7 Å². The van der Waals surface area contributed by atoms with Crippen LogP contribution < -0.4 is 10.1 Å². The zero-order chi connectivity index (χ0) is 15.5. The van der Waals surface area contributed by atoms with Gasteiger partial charge < -0.3 is 10.1 Å². The number of benzene rings is 2. The van der Waals surface area contributed by atoms with Gasteiger partial charge in [-0.15, -0.1) is 0 Å². The van der Waals surface area contributed by atoms with Gasteiger partial charge in [-0.2, -0.15) is 0 Å². The number of anilines is 1. The molecule has 2 aromatic carbocycles. The molecule has 22 heavy (non-hydrogen) atoms. The molecule has 1 aliphatic carbocycles. The van der Waals surface area contributed by atoms with Crippen molar-refractivity contribution in [3.8, 4) is 5.75 Å². The molecular weight excluding hydrogens is 281 g/mol.